The number of ether oxygens (including phenoxy) is 2. The van der Waals surface area contributed by atoms with Gasteiger partial charge in [0.25, 0.3) is 6.29 Å². The van der Waals surface area contributed by atoms with Crippen molar-refractivity contribution in [2.45, 2.75) is 6.29 Å². The highest BCUT2D eigenvalue weighted by atomic mass is 79.9. The van der Waals surface area contributed by atoms with E-state index in [9.17, 15) is 0 Å². The first-order valence-corrected chi connectivity index (χ1v) is 4.22. The van der Waals surface area contributed by atoms with Gasteiger partial charge in [-0.3, -0.25) is 4.98 Å². The van der Waals surface area contributed by atoms with Gasteiger partial charge in [-0.1, -0.05) is 0 Å². The largest absolute Gasteiger partial charge is 0.455 e. The number of nitrogens with zero attached hydrogens (tertiary/aromatic N) is 1. The van der Waals surface area contributed by atoms with E-state index in [1.165, 1.54) is 12.5 Å². The molecule has 0 atom stereocenters. The zero-order valence-corrected chi connectivity index (χ0v) is 7.69. The van der Waals surface area contributed by atoms with Gasteiger partial charge in [-0.15, -0.1) is 0 Å². The second-order valence-electron chi connectivity index (χ2n) is 2.27. The Hall–Kier alpha value is -1.03. The molecule has 0 saturated heterocycles. The minimum atomic E-state index is -0.331. The van der Waals surface area contributed by atoms with Crippen molar-refractivity contribution >= 4 is 15.9 Å². The fraction of sp³-hybridized carbons (Fsp3) is 0.125. The van der Waals surface area contributed by atoms with Crippen LogP contribution in [0.25, 0.3) is 0 Å². The standard InChI is InChI=1S/C8H6BrNO2/c9-7-5-10-2-1-6(7)8-11-3-4-12-8/h1-5,8H. The van der Waals surface area contributed by atoms with Gasteiger partial charge in [-0.25, -0.2) is 0 Å². The fourth-order valence-corrected chi connectivity index (χ4v) is 1.40. The molecule has 3 nitrogen and oxygen atoms in total. The SMILES string of the molecule is Brc1cnccc1C1OC=CO1. The molecule has 0 fully saturated rings. The topological polar surface area (TPSA) is 31.4 Å². The molecule has 0 N–H and O–H groups in total. The van der Waals surface area contributed by atoms with E-state index in [2.05, 4.69) is 20.9 Å². The molecule has 0 saturated carbocycles. The summed E-state index contributed by atoms with van der Waals surface area (Å²) in [5.74, 6) is 0. The molecule has 4 heteroatoms. The van der Waals surface area contributed by atoms with E-state index >= 15 is 0 Å². The van der Waals surface area contributed by atoms with Crippen molar-refractivity contribution in [1.29, 1.82) is 0 Å². The molecule has 2 rings (SSSR count). The van der Waals surface area contributed by atoms with Crippen molar-refractivity contribution in [3.8, 4) is 0 Å². The highest BCUT2D eigenvalue weighted by molar-refractivity contribution is 9.10. The van der Waals surface area contributed by atoms with Gasteiger partial charge in [0.1, 0.15) is 12.5 Å². The maximum absolute atomic E-state index is 5.16. The molecule has 0 bridgehead atoms. The average Bonchev–Trinajstić information content (AvgIpc) is 2.57. The summed E-state index contributed by atoms with van der Waals surface area (Å²) in [5, 5.41) is 0. The van der Waals surface area contributed by atoms with E-state index in [1.54, 1.807) is 12.4 Å². The smallest absolute Gasteiger partial charge is 0.267 e. The zero-order chi connectivity index (χ0) is 8.39. The van der Waals surface area contributed by atoms with Crippen molar-refractivity contribution in [3.05, 3.63) is 41.0 Å². The van der Waals surface area contributed by atoms with Gasteiger partial charge in [0.2, 0.25) is 0 Å². The van der Waals surface area contributed by atoms with Crippen LogP contribution in [-0.4, -0.2) is 4.98 Å². The Morgan fingerprint density at radius 2 is 2.08 bits per heavy atom. The number of hydrogen-bond acceptors (Lipinski definition) is 3. The van der Waals surface area contributed by atoms with Crippen LogP contribution in [0, 0.1) is 0 Å². The van der Waals surface area contributed by atoms with Crippen molar-refractivity contribution in [1.82, 2.24) is 4.98 Å². The maximum atomic E-state index is 5.16. The minimum Gasteiger partial charge on any atom is -0.455 e. The van der Waals surface area contributed by atoms with Crippen molar-refractivity contribution in [2.24, 2.45) is 0 Å². The number of hydrogen-bond donors (Lipinski definition) is 0. The highest BCUT2D eigenvalue weighted by Crippen LogP contribution is 2.28. The van der Waals surface area contributed by atoms with Crippen LogP contribution < -0.4 is 0 Å². The summed E-state index contributed by atoms with van der Waals surface area (Å²) in [6, 6.07) is 1.85. The summed E-state index contributed by atoms with van der Waals surface area (Å²) in [7, 11) is 0. The Morgan fingerprint density at radius 1 is 1.33 bits per heavy atom. The Balaban J connectivity index is 2.27. The highest BCUT2D eigenvalue weighted by Gasteiger charge is 2.17. The molecular formula is C8H6BrNO2. The third-order valence-corrected chi connectivity index (χ3v) is 2.18. The summed E-state index contributed by atoms with van der Waals surface area (Å²) >= 11 is 3.36. The second-order valence-corrected chi connectivity index (χ2v) is 3.13. The molecule has 1 aliphatic heterocycles. The monoisotopic (exact) mass is 227 g/mol. The lowest BCUT2D eigenvalue weighted by atomic mass is 10.3. The molecular weight excluding hydrogens is 222 g/mol. The lowest BCUT2D eigenvalue weighted by molar-refractivity contribution is -0.0252. The molecule has 0 spiro atoms. The molecule has 0 radical (unpaired) electrons. The average molecular weight is 228 g/mol. The van der Waals surface area contributed by atoms with Crippen LogP contribution in [0.2, 0.25) is 0 Å². The molecule has 0 aromatic carbocycles. The normalized spacial score (nSPS) is 15.8. The third kappa shape index (κ3) is 1.30. The number of halogens is 1. The predicted molar refractivity (Wildman–Crippen MR) is 46.0 cm³/mol. The fourth-order valence-electron chi connectivity index (χ4n) is 0.963. The van der Waals surface area contributed by atoms with Crippen LogP contribution in [-0.2, 0) is 9.47 Å². The molecule has 62 valence electrons. The van der Waals surface area contributed by atoms with Crippen LogP contribution in [0.15, 0.2) is 35.5 Å². The molecule has 2 heterocycles. The van der Waals surface area contributed by atoms with E-state index in [0.717, 1.165) is 10.0 Å². The predicted octanol–water partition coefficient (Wildman–Crippen LogP) is 2.36. The molecule has 0 amide bonds. The Morgan fingerprint density at radius 3 is 2.75 bits per heavy atom. The van der Waals surface area contributed by atoms with Gasteiger partial charge >= 0.3 is 0 Å². The zero-order valence-electron chi connectivity index (χ0n) is 6.11. The molecule has 1 aromatic rings. The van der Waals surface area contributed by atoms with E-state index in [4.69, 9.17) is 9.47 Å². The van der Waals surface area contributed by atoms with Gasteiger partial charge in [0.05, 0.1) is 0 Å². The van der Waals surface area contributed by atoms with Gasteiger partial charge in [-0.05, 0) is 22.0 Å². The molecule has 0 aliphatic carbocycles. The minimum absolute atomic E-state index is 0.331. The summed E-state index contributed by atoms with van der Waals surface area (Å²) in [6.07, 6.45) is 6.13. The van der Waals surface area contributed by atoms with Crippen molar-refractivity contribution in [3.63, 3.8) is 0 Å². The van der Waals surface area contributed by atoms with E-state index in [-0.39, 0.29) is 6.29 Å². The van der Waals surface area contributed by atoms with Gasteiger partial charge in [0, 0.05) is 22.4 Å². The molecule has 12 heavy (non-hydrogen) atoms. The van der Waals surface area contributed by atoms with Crippen LogP contribution in [0.3, 0.4) is 0 Å². The van der Waals surface area contributed by atoms with E-state index < -0.39 is 0 Å². The Labute approximate surface area is 78.1 Å². The molecule has 1 aromatic heterocycles. The summed E-state index contributed by atoms with van der Waals surface area (Å²) in [4.78, 5) is 3.94. The first kappa shape index (κ1) is 7.61. The number of aromatic nitrogens is 1. The van der Waals surface area contributed by atoms with Crippen LogP contribution in [0.1, 0.15) is 11.9 Å². The summed E-state index contributed by atoms with van der Waals surface area (Å²) in [6.45, 7) is 0. The first-order valence-electron chi connectivity index (χ1n) is 3.43. The van der Waals surface area contributed by atoms with Gasteiger partial charge in [0.15, 0.2) is 0 Å². The maximum Gasteiger partial charge on any atom is 0.267 e. The Bertz CT molecular complexity index is 306. The number of rotatable bonds is 1. The van der Waals surface area contributed by atoms with Crippen LogP contribution in [0.4, 0.5) is 0 Å². The van der Waals surface area contributed by atoms with Gasteiger partial charge < -0.3 is 9.47 Å². The van der Waals surface area contributed by atoms with E-state index in [1.807, 2.05) is 6.07 Å². The first-order chi connectivity index (χ1) is 5.88. The van der Waals surface area contributed by atoms with Crippen molar-refractivity contribution in [2.75, 3.05) is 0 Å². The summed E-state index contributed by atoms with van der Waals surface area (Å²) < 4.78 is 11.2. The quantitative estimate of drug-likeness (QED) is 0.739. The lowest BCUT2D eigenvalue weighted by Crippen LogP contribution is -1.98. The lowest BCUT2D eigenvalue weighted by Gasteiger charge is -2.10. The second kappa shape index (κ2) is 3.15. The van der Waals surface area contributed by atoms with Gasteiger partial charge in [-0.2, -0.15) is 0 Å². The van der Waals surface area contributed by atoms with E-state index in [0.29, 0.717) is 0 Å². The summed E-state index contributed by atoms with van der Waals surface area (Å²) in [5.41, 5.74) is 0.940. The van der Waals surface area contributed by atoms with Crippen LogP contribution >= 0.6 is 15.9 Å². The number of pyridine rings is 1. The third-order valence-electron chi connectivity index (χ3n) is 1.52. The molecule has 0 unspecified atom stereocenters. The Kier molecular flexibility index (Phi) is 1.99. The molecule has 1 aliphatic rings. The van der Waals surface area contributed by atoms with Crippen LogP contribution in [0.5, 0.6) is 0 Å². The van der Waals surface area contributed by atoms with Crippen molar-refractivity contribution < 1.29 is 9.47 Å².